The topological polar surface area (TPSA) is 37.4 Å². The van der Waals surface area contributed by atoms with Crippen LogP contribution in [0, 0.1) is 28.6 Å². The first kappa shape index (κ1) is 17.3. The van der Waals surface area contributed by atoms with E-state index >= 15 is 0 Å². The lowest BCUT2D eigenvalue weighted by molar-refractivity contribution is -0.158. The Balaban J connectivity index is 1.69. The first-order chi connectivity index (χ1) is 11.7. The highest BCUT2D eigenvalue weighted by atomic mass is 16.2. The van der Waals surface area contributed by atoms with Gasteiger partial charge in [-0.1, -0.05) is 19.4 Å². The van der Waals surface area contributed by atoms with E-state index in [2.05, 4.69) is 32.6 Å². The number of rotatable bonds is 0. The highest BCUT2D eigenvalue weighted by molar-refractivity contribution is 6.03. The Morgan fingerprint density at radius 2 is 1.76 bits per heavy atom. The zero-order valence-electron chi connectivity index (χ0n) is 16.5. The van der Waals surface area contributed by atoms with Crippen LogP contribution in [0.2, 0.25) is 0 Å². The van der Waals surface area contributed by atoms with Crippen molar-refractivity contribution in [1.82, 2.24) is 4.90 Å². The number of amides is 1. The monoisotopic (exact) mass is 343 g/mol. The third-order valence-corrected chi connectivity index (χ3v) is 8.77. The Morgan fingerprint density at radius 3 is 2.44 bits per heavy atom. The molecule has 0 radical (unpaired) electrons. The van der Waals surface area contributed by atoms with Gasteiger partial charge in [0, 0.05) is 24.9 Å². The quantitative estimate of drug-likeness (QED) is 0.613. The van der Waals surface area contributed by atoms with E-state index in [0.717, 1.165) is 37.7 Å². The fraction of sp³-hybridized carbons (Fsp3) is 0.818. The smallest absolute Gasteiger partial charge is 0.222 e. The van der Waals surface area contributed by atoms with Crippen molar-refractivity contribution in [2.45, 2.75) is 78.7 Å². The molecule has 0 aromatic rings. The zero-order chi connectivity index (χ0) is 18.1. The van der Waals surface area contributed by atoms with Crippen LogP contribution in [0.3, 0.4) is 0 Å². The van der Waals surface area contributed by atoms with E-state index in [1.165, 1.54) is 12.0 Å². The average molecular weight is 344 g/mol. The fourth-order valence-corrected chi connectivity index (χ4v) is 7.22. The molecule has 0 unspecified atom stereocenters. The first-order valence-corrected chi connectivity index (χ1v) is 10.2. The molecule has 1 saturated heterocycles. The van der Waals surface area contributed by atoms with Crippen molar-refractivity contribution in [3.8, 4) is 0 Å². The molecule has 0 spiro atoms. The van der Waals surface area contributed by atoms with E-state index in [1.54, 1.807) is 0 Å². The number of likely N-dealkylation sites (tertiary alicyclic amines) is 1. The summed E-state index contributed by atoms with van der Waals surface area (Å²) in [6, 6.07) is 0.402. The predicted molar refractivity (Wildman–Crippen MR) is 98.9 cm³/mol. The predicted octanol–water partition coefficient (Wildman–Crippen LogP) is 4.37. The van der Waals surface area contributed by atoms with Gasteiger partial charge >= 0.3 is 0 Å². The molecule has 1 amide bonds. The maximum Gasteiger partial charge on any atom is 0.222 e. The maximum atomic E-state index is 13.1. The van der Waals surface area contributed by atoms with Crippen molar-refractivity contribution in [3.63, 3.8) is 0 Å². The SMILES string of the molecule is CC(C)=C1C[C@H]2[C@@H]3CC[C@H]4N(C)C(=O)CC[C@]4(C)[C@H]3CC[C@]2(C)C1=O. The van der Waals surface area contributed by atoms with Gasteiger partial charge in [0.05, 0.1) is 0 Å². The van der Waals surface area contributed by atoms with Crippen molar-refractivity contribution < 1.29 is 9.59 Å². The number of piperidine rings is 1. The molecule has 1 aliphatic heterocycles. The summed E-state index contributed by atoms with van der Waals surface area (Å²) in [6.07, 6.45) is 7.23. The third-order valence-electron chi connectivity index (χ3n) is 8.77. The Labute approximate surface area is 152 Å². The van der Waals surface area contributed by atoms with Crippen LogP contribution < -0.4 is 0 Å². The largest absolute Gasteiger partial charge is 0.342 e. The highest BCUT2D eigenvalue weighted by Crippen LogP contribution is 2.64. The summed E-state index contributed by atoms with van der Waals surface area (Å²) >= 11 is 0. The Morgan fingerprint density at radius 1 is 1.04 bits per heavy atom. The number of hydrogen-bond donors (Lipinski definition) is 0. The number of fused-ring (bicyclic) bond motifs is 5. The second-order valence-electron chi connectivity index (χ2n) is 9.95. The van der Waals surface area contributed by atoms with Gasteiger partial charge in [0.1, 0.15) is 0 Å². The van der Waals surface area contributed by atoms with E-state index in [9.17, 15) is 9.59 Å². The minimum Gasteiger partial charge on any atom is -0.342 e. The van der Waals surface area contributed by atoms with Gasteiger partial charge in [-0.05, 0) is 81.1 Å². The van der Waals surface area contributed by atoms with Gasteiger partial charge in [0.2, 0.25) is 5.91 Å². The van der Waals surface area contributed by atoms with Crippen molar-refractivity contribution in [2.75, 3.05) is 7.05 Å². The van der Waals surface area contributed by atoms with Gasteiger partial charge in [-0.25, -0.2) is 0 Å². The molecule has 3 heteroatoms. The summed E-state index contributed by atoms with van der Waals surface area (Å²) in [5.74, 6) is 2.61. The van der Waals surface area contributed by atoms with Crippen LogP contribution in [-0.2, 0) is 9.59 Å². The van der Waals surface area contributed by atoms with Gasteiger partial charge in [-0.15, -0.1) is 0 Å². The number of Topliss-reactive ketones (excluding diaryl/α,β-unsaturated/α-hetero) is 1. The van der Waals surface area contributed by atoms with Crippen molar-refractivity contribution in [1.29, 1.82) is 0 Å². The number of nitrogens with zero attached hydrogens (tertiary/aromatic N) is 1. The molecule has 4 rings (SSSR count). The highest BCUT2D eigenvalue weighted by Gasteiger charge is 2.62. The summed E-state index contributed by atoms with van der Waals surface area (Å²) in [5, 5.41) is 0. The second-order valence-corrected chi connectivity index (χ2v) is 9.95. The normalized spacial score (nSPS) is 46.6. The zero-order valence-corrected chi connectivity index (χ0v) is 16.5. The molecule has 4 aliphatic rings. The Kier molecular flexibility index (Phi) is 3.76. The molecule has 0 bridgehead atoms. The van der Waals surface area contributed by atoms with Crippen molar-refractivity contribution in [2.24, 2.45) is 28.6 Å². The summed E-state index contributed by atoms with van der Waals surface area (Å²) in [7, 11) is 2.01. The molecule has 4 fully saturated rings. The van der Waals surface area contributed by atoms with E-state index < -0.39 is 0 Å². The van der Waals surface area contributed by atoms with Crippen molar-refractivity contribution >= 4 is 11.7 Å². The van der Waals surface area contributed by atoms with Gasteiger partial charge in [0.25, 0.3) is 0 Å². The molecule has 1 heterocycles. The van der Waals surface area contributed by atoms with E-state index in [4.69, 9.17) is 0 Å². The number of hydrogen-bond acceptors (Lipinski definition) is 2. The number of carbonyl (C=O) groups excluding carboxylic acids is 2. The lowest BCUT2D eigenvalue weighted by atomic mass is 9.47. The molecule has 6 atom stereocenters. The number of ketones is 1. The minimum atomic E-state index is -0.132. The fourth-order valence-electron chi connectivity index (χ4n) is 7.22. The van der Waals surface area contributed by atoms with E-state index in [-0.39, 0.29) is 10.8 Å². The summed E-state index contributed by atoms with van der Waals surface area (Å²) in [6.45, 7) is 8.90. The molecular formula is C22H33NO2. The van der Waals surface area contributed by atoms with Gasteiger partial charge in [-0.3, -0.25) is 9.59 Å². The number of carbonyl (C=O) groups is 2. The Bertz CT molecular complexity index is 661. The standard InChI is InChI=1S/C22H33NO2/c1-13(2)15-12-17-14-6-7-18-21(3,11-9-19(24)23(18)5)16(14)8-10-22(17,4)20(15)25/h14,16-18H,6-12H2,1-5H3/t14-,16+,17+,18-,21-,22+/m1/s1. The van der Waals surface area contributed by atoms with Crippen LogP contribution >= 0.6 is 0 Å². The maximum absolute atomic E-state index is 13.1. The van der Waals surface area contributed by atoms with Crippen LogP contribution in [-0.4, -0.2) is 29.7 Å². The molecule has 3 nitrogen and oxygen atoms in total. The third kappa shape index (κ3) is 2.16. The van der Waals surface area contributed by atoms with Gasteiger partial charge < -0.3 is 4.90 Å². The van der Waals surface area contributed by atoms with Crippen LogP contribution in [0.1, 0.15) is 72.6 Å². The van der Waals surface area contributed by atoms with Crippen LogP contribution in [0.4, 0.5) is 0 Å². The summed E-state index contributed by atoms with van der Waals surface area (Å²) in [5.41, 5.74) is 2.45. The average Bonchev–Trinajstić information content (AvgIpc) is 2.83. The summed E-state index contributed by atoms with van der Waals surface area (Å²) < 4.78 is 0. The first-order valence-electron chi connectivity index (χ1n) is 10.2. The lowest BCUT2D eigenvalue weighted by Crippen LogP contribution is -2.61. The molecule has 25 heavy (non-hydrogen) atoms. The van der Waals surface area contributed by atoms with Crippen LogP contribution in [0.5, 0.6) is 0 Å². The molecule has 3 saturated carbocycles. The molecule has 0 aromatic heterocycles. The van der Waals surface area contributed by atoms with E-state index in [1.807, 2.05) is 7.05 Å². The second kappa shape index (κ2) is 5.44. The number of allylic oxidation sites excluding steroid dienone is 2. The van der Waals surface area contributed by atoms with Crippen molar-refractivity contribution in [3.05, 3.63) is 11.1 Å². The minimum absolute atomic E-state index is 0.132. The molecule has 0 aromatic carbocycles. The summed E-state index contributed by atoms with van der Waals surface area (Å²) in [4.78, 5) is 27.4. The molecule has 3 aliphatic carbocycles. The van der Waals surface area contributed by atoms with Crippen LogP contribution in [0.25, 0.3) is 0 Å². The molecule has 0 N–H and O–H groups in total. The van der Waals surface area contributed by atoms with Crippen LogP contribution in [0.15, 0.2) is 11.1 Å². The van der Waals surface area contributed by atoms with E-state index in [0.29, 0.717) is 41.9 Å². The van der Waals surface area contributed by atoms with Gasteiger partial charge in [-0.2, -0.15) is 0 Å². The Hall–Kier alpha value is -1.12. The van der Waals surface area contributed by atoms with Gasteiger partial charge in [0.15, 0.2) is 5.78 Å². The lowest BCUT2D eigenvalue weighted by Gasteiger charge is -2.61. The molecular weight excluding hydrogens is 310 g/mol. The molecule has 138 valence electrons.